The van der Waals surface area contributed by atoms with E-state index in [1.807, 2.05) is 49.4 Å². The van der Waals surface area contributed by atoms with Gasteiger partial charge < -0.3 is 19.5 Å². The Morgan fingerprint density at radius 1 is 1.15 bits per heavy atom. The van der Waals surface area contributed by atoms with Gasteiger partial charge in [-0.05, 0) is 66.9 Å². The van der Waals surface area contributed by atoms with Crippen molar-refractivity contribution in [1.29, 1.82) is 0 Å². The number of nitrogens with one attached hydrogen (secondary N) is 2. The lowest BCUT2D eigenvalue weighted by molar-refractivity contribution is -0.121. The second kappa shape index (κ2) is 9.27. The average molecular weight is 457 g/mol. The highest BCUT2D eigenvalue weighted by atomic mass is 16.5. The van der Waals surface area contributed by atoms with Gasteiger partial charge in [0, 0.05) is 17.5 Å². The molecule has 1 atom stereocenters. The molecule has 0 unspecified atom stereocenters. The number of methoxy groups -OCH3 is 1. The van der Waals surface area contributed by atoms with E-state index >= 15 is 0 Å². The van der Waals surface area contributed by atoms with E-state index in [-0.39, 0.29) is 11.8 Å². The van der Waals surface area contributed by atoms with Crippen LogP contribution < -0.4 is 19.5 Å². The largest absolute Gasteiger partial charge is 0.497 e. The first-order valence-electron chi connectivity index (χ1n) is 10.9. The molecule has 1 aliphatic rings. The number of ether oxygens (including phenoxy) is 3. The third-order valence-electron chi connectivity index (χ3n) is 5.79. The molecular formula is C26H24N4O4. The maximum Gasteiger partial charge on any atom is 0.231 e. The van der Waals surface area contributed by atoms with Gasteiger partial charge in [-0.1, -0.05) is 6.07 Å². The standard InChI is InChI=1S/C26H24N4O4/c1-16-22(14-28-30-16)17-5-7-23(25(12-17)34-21-4-3-9-27-13-21)29-26(31)19-10-18-11-20(32-2)6-8-24(18)33-15-19/h3-9,11-14,19H,10,15H2,1-2H3,(H,28,30)(H,29,31)/t19-/m0/s1. The number of anilines is 1. The molecule has 0 saturated heterocycles. The second-order valence-corrected chi connectivity index (χ2v) is 8.09. The smallest absolute Gasteiger partial charge is 0.231 e. The normalized spacial score (nSPS) is 14.6. The number of fused-ring (bicyclic) bond motifs is 1. The van der Waals surface area contributed by atoms with Crippen LogP contribution in [0.2, 0.25) is 0 Å². The van der Waals surface area contributed by atoms with Gasteiger partial charge >= 0.3 is 0 Å². The van der Waals surface area contributed by atoms with Crippen molar-refractivity contribution in [1.82, 2.24) is 15.2 Å². The van der Waals surface area contributed by atoms with Gasteiger partial charge in [0.25, 0.3) is 0 Å². The molecule has 1 amide bonds. The number of amides is 1. The molecule has 4 aromatic rings. The van der Waals surface area contributed by atoms with Gasteiger partial charge in [-0.25, -0.2) is 0 Å². The highest BCUT2D eigenvalue weighted by Gasteiger charge is 2.27. The molecule has 172 valence electrons. The van der Waals surface area contributed by atoms with Crippen LogP contribution in [0.15, 0.2) is 67.1 Å². The first kappa shape index (κ1) is 21.5. The lowest BCUT2D eigenvalue weighted by Gasteiger charge is -2.25. The number of pyridine rings is 1. The summed E-state index contributed by atoms with van der Waals surface area (Å²) < 4.78 is 17.3. The third kappa shape index (κ3) is 4.43. The molecular weight excluding hydrogens is 432 g/mol. The zero-order valence-corrected chi connectivity index (χ0v) is 18.9. The number of carbonyl (C=O) groups excluding carboxylic acids is 1. The fourth-order valence-corrected chi connectivity index (χ4v) is 3.95. The van der Waals surface area contributed by atoms with Crippen LogP contribution in [0.4, 0.5) is 5.69 Å². The van der Waals surface area contributed by atoms with Crippen molar-refractivity contribution in [3.05, 3.63) is 78.4 Å². The van der Waals surface area contributed by atoms with Gasteiger partial charge in [0.15, 0.2) is 5.75 Å². The zero-order chi connectivity index (χ0) is 23.5. The summed E-state index contributed by atoms with van der Waals surface area (Å²) in [6.45, 7) is 2.26. The molecule has 8 heteroatoms. The van der Waals surface area contributed by atoms with Gasteiger partial charge in [0.1, 0.15) is 23.9 Å². The fourth-order valence-electron chi connectivity index (χ4n) is 3.95. The number of aromatic nitrogens is 3. The molecule has 5 rings (SSSR count). The summed E-state index contributed by atoms with van der Waals surface area (Å²) in [7, 11) is 1.62. The quantitative estimate of drug-likeness (QED) is 0.434. The lowest BCUT2D eigenvalue weighted by atomic mass is 9.95. The second-order valence-electron chi connectivity index (χ2n) is 8.09. The number of carbonyl (C=O) groups is 1. The monoisotopic (exact) mass is 456 g/mol. The summed E-state index contributed by atoms with van der Waals surface area (Å²) in [5.41, 5.74) is 4.33. The summed E-state index contributed by atoms with van der Waals surface area (Å²) in [6.07, 6.45) is 5.63. The van der Waals surface area contributed by atoms with E-state index in [9.17, 15) is 4.79 Å². The average Bonchev–Trinajstić information content (AvgIpc) is 3.30. The van der Waals surface area contributed by atoms with E-state index in [1.54, 1.807) is 31.8 Å². The van der Waals surface area contributed by atoms with Crippen molar-refractivity contribution >= 4 is 11.6 Å². The molecule has 0 saturated carbocycles. The zero-order valence-electron chi connectivity index (χ0n) is 18.9. The molecule has 0 bridgehead atoms. The van der Waals surface area contributed by atoms with E-state index in [2.05, 4.69) is 20.5 Å². The Balaban J connectivity index is 1.41. The SMILES string of the molecule is COc1ccc2c(c1)C[C@H](C(=O)Nc1ccc(-c3cn[nH]c3C)cc1Oc1cccnc1)CO2. The van der Waals surface area contributed by atoms with Crippen molar-refractivity contribution in [3.63, 3.8) is 0 Å². The van der Waals surface area contributed by atoms with Crippen molar-refractivity contribution < 1.29 is 19.0 Å². The molecule has 8 nitrogen and oxygen atoms in total. The predicted octanol–water partition coefficient (Wildman–Crippen LogP) is 4.77. The Morgan fingerprint density at radius 3 is 2.82 bits per heavy atom. The molecule has 0 spiro atoms. The number of nitrogens with zero attached hydrogens (tertiary/aromatic N) is 2. The van der Waals surface area contributed by atoms with E-state index in [4.69, 9.17) is 14.2 Å². The van der Waals surface area contributed by atoms with Crippen molar-refractivity contribution in [2.45, 2.75) is 13.3 Å². The van der Waals surface area contributed by atoms with Crippen LogP contribution in [0, 0.1) is 12.8 Å². The van der Waals surface area contributed by atoms with Crippen LogP contribution >= 0.6 is 0 Å². The van der Waals surface area contributed by atoms with E-state index in [0.717, 1.165) is 33.9 Å². The number of rotatable bonds is 6. The van der Waals surface area contributed by atoms with Crippen LogP contribution in [0.3, 0.4) is 0 Å². The summed E-state index contributed by atoms with van der Waals surface area (Å²) in [5, 5.41) is 10.1. The molecule has 34 heavy (non-hydrogen) atoms. The molecule has 0 fully saturated rings. The van der Waals surface area contributed by atoms with Crippen LogP contribution in [-0.2, 0) is 11.2 Å². The summed E-state index contributed by atoms with van der Waals surface area (Å²) in [5.74, 6) is 2.11. The van der Waals surface area contributed by atoms with Gasteiger partial charge in [0.05, 0.1) is 31.1 Å². The van der Waals surface area contributed by atoms with Gasteiger partial charge in [-0.3, -0.25) is 14.9 Å². The van der Waals surface area contributed by atoms with E-state index < -0.39 is 0 Å². The van der Waals surface area contributed by atoms with Gasteiger partial charge in [-0.15, -0.1) is 0 Å². The number of aromatic amines is 1. The Morgan fingerprint density at radius 2 is 2.06 bits per heavy atom. The summed E-state index contributed by atoms with van der Waals surface area (Å²) >= 11 is 0. The molecule has 3 heterocycles. The highest BCUT2D eigenvalue weighted by molar-refractivity contribution is 5.95. The Hall–Kier alpha value is -4.33. The first-order chi connectivity index (χ1) is 16.6. The van der Waals surface area contributed by atoms with Crippen LogP contribution in [0.25, 0.3) is 11.1 Å². The number of benzene rings is 2. The minimum atomic E-state index is -0.346. The molecule has 0 aliphatic carbocycles. The maximum absolute atomic E-state index is 13.2. The van der Waals surface area contributed by atoms with Crippen LogP contribution in [0.1, 0.15) is 11.3 Å². The van der Waals surface area contributed by atoms with Crippen LogP contribution in [-0.4, -0.2) is 34.8 Å². The minimum absolute atomic E-state index is 0.142. The summed E-state index contributed by atoms with van der Waals surface area (Å²) in [6, 6.07) is 14.9. The van der Waals surface area contributed by atoms with Crippen LogP contribution in [0.5, 0.6) is 23.0 Å². The summed E-state index contributed by atoms with van der Waals surface area (Å²) in [4.78, 5) is 17.3. The molecule has 2 aromatic carbocycles. The Kier molecular flexibility index (Phi) is 5.86. The first-order valence-corrected chi connectivity index (χ1v) is 10.9. The van der Waals surface area contributed by atoms with Crippen molar-refractivity contribution in [2.75, 3.05) is 19.0 Å². The number of H-pyrrole nitrogens is 1. The number of hydrogen-bond acceptors (Lipinski definition) is 6. The molecule has 0 radical (unpaired) electrons. The van der Waals surface area contributed by atoms with Gasteiger partial charge in [-0.2, -0.15) is 5.10 Å². The molecule has 2 aromatic heterocycles. The third-order valence-corrected chi connectivity index (χ3v) is 5.79. The predicted molar refractivity (Wildman–Crippen MR) is 127 cm³/mol. The van der Waals surface area contributed by atoms with E-state index in [0.29, 0.717) is 30.2 Å². The maximum atomic E-state index is 13.2. The topological polar surface area (TPSA) is 98.4 Å². The fraction of sp³-hybridized carbons (Fsp3) is 0.192. The molecule has 1 aliphatic heterocycles. The number of aryl methyl sites for hydroxylation is 1. The lowest BCUT2D eigenvalue weighted by Crippen LogP contribution is -2.32. The Labute approximate surface area is 196 Å². The van der Waals surface area contributed by atoms with Gasteiger partial charge in [0.2, 0.25) is 5.91 Å². The number of hydrogen-bond donors (Lipinski definition) is 2. The minimum Gasteiger partial charge on any atom is -0.497 e. The van der Waals surface area contributed by atoms with E-state index in [1.165, 1.54) is 0 Å². The molecule has 2 N–H and O–H groups in total. The highest BCUT2D eigenvalue weighted by Crippen LogP contribution is 2.36. The Bertz CT molecular complexity index is 1320. The van der Waals surface area contributed by atoms with Crippen molar-refractivity contribution in [3.8, 4) is 34.1 Å². The van der Waals surface area contributed by atoms with Crippen molar-refractivity contribution in [2.24, 2.45) is 5.92 Å².